The second-order valence-electron chi connectivity index (χ2n) is 5.54. The number of carbonyl (C=O) groups is 2. The molecule has 5 nitrogen and oxygen atoms in total. The summed E-state index contributed by atoms with van der Waals surface area (Å²) in [6.07, 6.45) is 0. The van der Waals surface area contributed by atoms with E-state index in [9.17, 15) is 9.59 Å². The van der Waals surface area contributed by atoms with Crippen molar-refractivity contribution in [1.29, 1.82) is 0 Å². The predicted molar refractivity (Wildman–Crippen MR) is 88.9 cm³/mol. The SMILES string of the molecule is Cc1cc(C)nc(N2CCN(C(=O)c3ccc(Cl)cc3)C2=O)c1. The van der Waals surface area contributed by atoms with Crippen molar-refractivity contribution in [2.45, 2.75) is 13.8 Å². The molecular weight excluding hydrogens is 314 g/mol. The van der Waals surface area contributed by atoms with E-state index in [4.69, 9.17) is 11.6 Å². The average molecular weight is 330 g/mol. The molecule has 0 saturated carbocycles. The second kappa shape index (κ2) is 6.01. The molecule has 1 aromatic heterocycles. The maximum atomic E-state index is 12.6. The van der Waals surface area contributed by atoms with E-state index in [0.717, 1.165) is 11.3 Å². The number of aromatic nitrogens is 1. The molecule has 2 heterocycles. The van der Waals surface area contributed by atoms with Crippen molar-refractivity contribution in [3.05, 3.63) is 58.2 Å². The normalized spacial score (nSPS) is 14.5. The molecule has 0 N–H and O–H groups in total. The highest BCUT2D eigenvalue weighted by molar-refractivity contribution is 6.30. The molecule has 0 spiro atoms. The van der Waals surface area contributed by atoms with Crippen molar-refractivity contribution in [3.8, 4) is 0 Å². The Labute approximate surface area is 139 Å². The number of aryl methyl sites for hydroxylation is 2. The lowest BCUT2D eigenvalue weighted by molar-refractivity contribution is 0.0830. The van der Waals surface area contributed by atoms with Gasteiger partial charge in [-0.25, -0.2) is 9.78 Å². The number of pyridine rings is 1. The van der Waals surface area contributed by atoms with Crippen LogP contribution in [0.3, 0.4) is 0 Å². The van der Waals surface area contributed by atoms with Crippen LogP contribution in [0.25, 0.3) is 0 Å². The van der Waals surface area contributed by atoms with Crippen molar-refractivity contribution in [1.82, 2.24) is 9.88 Å². The molecule has 1 aromatic carbocycles. The Bertz CT molecular complexity index is 754. The van der Waals surface area contributed by atoms with Crippen molar-refractivity contribution >= 4 is 29.4 Å². The van der Waals surface area contributed by atoms with Gasteiger partial charge in [-0.2, -0.15) is 0 Å². The highest BCUT2D eigenvalue weighted by Crippen LogP contribution is 2.22. The molecule has 2 aromatic rings. The zero-order valence-corrected chi connectivity index (χ0v) is 13.7. The Morgan fingerprint density at radius 2 is 1.83 bits per heavy atom. The summed E-state index contributed by atoms with van der Waals surface area (Å²) in [5.74, 6) is 0.262. The fourth-order valence-electron chi connectivity index (χ4n) is 2.64. The van der Waals surface area contributed by atoms with Gasteiger partial charge in [-0.05, 0) is 55.8 Å². The fraction of sp³-hybridized carbons (Fsp3) is 0.235. The standard InChI is InChI=1S/C17H16ClN3O2/c1-11-9-12(2)19-15(10-11)20-7-8-21(17(20)23)16(22)13-3-5-14(18)6-4-13/h3-6,9-10H,7-8H2,1-2H3. The molecule has 0 bridgehead atoms. The lowest BCUT2D eigenvalue weighted by atomic mass is 10.2. The zero-order valence-electron chi connectivity index (χ0n) is 12.9. The van der Waals surface area contributed by atoms with Crippen LogP contribution in [0.15, 0.2) is 36.4 Å². The van der Waals surface area contributed by atoms with E-state index >= 15 is 0 Å². The molecule has 0 atom stereocenters. The minimum atomic E-state index is -0.345. The molecule has 1 fully saturated rings. The van der Waals surface area contributed by atoms with Gasteiger partial charge in [-0.15, -0.1) is 0 Å². The van der Waals surface area contributed by atoms with Gasteiger partial charge in [-0.3, -0.25) is 14.6 Å². The molecule has 0 radical (unpaired) electrons. The minimum Gasteiger partial charge on any atom is -0.276 e. The van der Waals surface area contributed by atoms with Crippen LogP contribution in [0.2, 0.25) is 5.02 Å². The third-order valence-corrected chi connectivity index (χ3v) is 3.96. The van der Waals surface area contributed by atoms with Crippen LogP contribution in [0.4, 0.5) is 10.6 Å². The molecule has 118 valence electrons. The Hall–Kier alpha value is -2.40. The average Bonchev–Trinajstić information content (AvgIpc) is 2.88. The first kappa shape index (κ1) is 15.5. The second-order valence-corrected chi connectivity index (χ2v) is 5.98. The van der Waals surface area contributed by atoms with Gasteiger partial charge in [0, 0.05) is 29.4 Å². The molecule has 3 rings (SSSR count). The molecule has 1 aliphatic heterocycles. The summed E-state index contributed by atoms with van der Waals surface area (Å²) >= 11 is 5.83. The van der Waals surface area contributed by atoms with Crippen LogP contribution in [0.1, 0.15) is 21.6 Å². The topological polar surface area (TPSA) is 53.5 Å². The molecule has 0 aliphatic carbocycles. The van der Waals surface area contributed by atoms with Crippen LogP contribution < -0.4 is 4.90 Å². The number of carbonyl (C=O) groups excluding carboxylic acids is 2. The molecule has 6 heteroatoms. The number of imide groups is 1. The van der Waals surface area contributed by atoms with Gasteiger partial charge in [-0.1, -0.05) is 11.6 Å². The summed E-state index contributed by atoms with van der Waals surface area (Å²) in [6, 6.07) is 9.96. The largest absolute Gasteiger partial charge is 0.332 e. The van der Waals surface area contributed by atoms with E-state index in [0.29, 0.717) is 29.5 Å². The predicted octanol–water partition coefficient (Wildman–Crippen LogP) is 3.43. The van der Waals surface area contributed by atoms with Crippen LogP contribution >= 0.6 is 11.6 Å². The monoisotopic (exact) mass is 329 g/mol. The van der Waals surface area contributed by atoms with Crippen molar-refractivity contribution in [3.63, 3.8) is 0 Å². The van der Waals surface area contributed by atoms with E-state index in [1.54, 1.807) is 24.3 Å². The lowest BCUT2D eigenvalue weighted by Crippen LogP contribution is -2.36. The Morgan fingerprint density at radius 1 is 1.13 bits per heavy atom. The molecule has 1 aliphatic rings. The Morgan fingerprint density at radius 3 is 2.48 bits per heavy atom. The number of hydrogen-bond acceptors (Lipinski definition) is 3. The number of nitrogens with zero attached hydrogens (tertiary/aromatic N) is 3. The highest BCUT2D eigenvalue weighted by Gasteiger charge is 2.35. The third-order valence-electron chi connectivity index (χ3n) is 3.71. The van der Waals surface area contributed by atoms with E-state index in [-0.39, 0.29) is 11.9 Å². The van der Waals surface area contributed by atoms with E-state index in [2.05, 4.69) is 4.98 Å². The molecule has 3 amide bonds. The first-order valence-corrected chi connectivity index (χ1v) is 7.68. The smallest absolute Gasteiger partial charge is 0.276 e. The molecular formula is C17H16ClN3O2. The first-order valence-electron chi connectivity index (χ1n) is 7.30. The van der Waals surface area contributed by atoms with E-state index in [1.165, 1.54) is 9.80 Å². The number of anilines is 1. The van der Waals surface area contributed by atoms with Gasteiger partial charge in [0.15, 0.2) is 0 Å². The van der Waals surface area contributed by atoms with Crippen molar-refractivity contribution < 1.29 is 9.59 Å². The quantitative estimate of drug-likeness (QED) is 0.848. The summed E-state index contributed by atoms with van der Waals surface area (Å²) in [5, 5.41) is 0.551. The van der Waals surface area contributed by atoms with Crippen molar-refractivity contribution in [2.24, 2.45) is 0 Å². The summed E-state index contributed by atoms with van der Waals surface area (Å²) in [4.78, 5) is 32.2. The Kier molecular flexibility index (Phi) is 4.05. The number of halogens is 1. The van der Waals surface area contributed by atoms with Gasteiger partial charge in [0.2, 0.25) is 0 Å². The maximum absolute atomic E-state index is 12.6. The van der Waals surface area contributed by atoms with E-state index in [1.807, 2.05) is 26.0 Å². The van der Waals surface area contributed by atoms with Crippen LogP contribution in [0, 0.1) is 13.8 Å². The Balaban J connectivity index is 1.83. The van der Waals surface area contributed by atoms with Gasteiger partial charge >= 0.3 is 6.03 Å². The number of urea groups is 1. The summed E-state index contributed by atoms with van der Waals surface area (Å²) in [5.41, 5.74) is 2.32. The highest BCUT2D eigenvalue weighted by atomic mass is 35.5. The van der Waals surface area contributed by atoms with Crippen LogP contribution in [-0.4, -0.2) is 34.9 Å². The minimum absolute atomic E-state index is 0.321. The number of hydrogen-bond donors (Lipinski definition) is 0. The first-order chi connectivity index (χ1) is 11.0. The summed E-state index contributed by atoms with van der Waals surface area (Å²) in [6.45, 7) is 4.62. The van der Waals surface area contributed by atoms with Gasteiger partial charge in [0.05, 0.1) is 0 Å². The fourth-order valence-corrected chi connectivity index (χ4v) is 2.77. The third kappa shape index (κ3) is 3.05. The molecule has 1 saturated heterocycles. The zero-order chi connectivity index (χ0) is 16.6. The van der Waals surface area contributed by atoms with Crippen LogP contribution in [0.5, 0.6) is 0 Å². The molecule has 23 heavy (non-hydrogen) atoms. The summed E-state index contributed by atoms with van der Waals surface area (Å²) in [7, 11) is 0. The van der Waals surface area contributed by atoms with E-state index < -0.39 is 0 Å². The van der Waals surface area contributed by atoms with Gasteiger partial charge in [0.25, 0.3) is 5.91 Å². The van der Waals surface area contributed by atoms with Gasteiger partial charge in [0.1, 0.15) is 5.82 Å². The summed E-state index contributed by atoms with van der Waals surface area (Å²) < 4.78 is 0. The number of amides is 3. The lowest BCUT2D eigenvalue weighted by Gasteiger charge is -2.17. The number of benzene rings is 1. The maximum Gasteiger partial charge on any atom is 0.332 e. The number of rotatable bonds is 2. The van der Waals surface area contributed by atoms with Crippen molar-refractivity contribution in [2.75, 3.05) is 18.0 Å². The van der Waals surface area contributed by atoms with Crippen LogP contribution in [-0.2, 0) is 0 Å². The molecule has 0 unspecified atom stereocenters. The van der Waals surface area contributed by atoms with Gasteiger partial charge < -0.3 is 0 Å².